The quantitative estimate of drug-likeness (QED) is 0.857. The van der Waals surface area contributed by atoms with Crippen LogP contribution in [0.25, 0.3) is 10.8 Å². The van der Waals surface area contributed by atoms with Crippen molar-refractivity contribution in [3.8, 4) is 5.75 Å². The maximum absolute atomic E-state index is 11.7. The van der Waals surface area contributed by atoms with Crippen LogP contribution in [0.3, 0.4) is 0 Å². The number of hydrogen-bond acceptors (Lipinski definition) is 3. The first-order chi connectivity index (χ1) is 9.20. The van der Waals surface area contributed by atoms with Gasteiger partial charge in [-0.1, -0.05) is 30.3 Å². The lowest BCUT2D eigenvalue weighted by molar-refractivity contribution is -0.127. The first-order valence-electron chi connectivity index (χ1n) is 6.34. The molecular formula is C15H18N2O2. The lowest BCUT2D eigenvalue weighted by Crippen LogP contribution is -2.38. The summed E-state index contributed by atoms with van der Waals surface area (Å²) in [5.41, 5.74) is 5.34. The molecule has 1 unspecified atom stereocenters. The number of amides is 1. The zero-order chi connectivity index (χ0) is 13.7. The fourth-order valence-corrected chi connectivity index (χ4v) is 1.84. The topological polar surface area (TPSA) is 64.3 Å². The Kier molecular flexibility index (Phi) is 4.36. The van der Waals surface area contributed by atoms with E-state index in [2.05, 4.69) is 5.32 Å². The molecule has 0 fully saturated rings. The highest BCUT2D eigenvalue weighted by Crippen LogP contribution is 2.21. The van der Waals surface area contributed by atoms with Gasteiger partial charge in [0.25, 0.3) is 5.91 Å². The summed E-state index contributed by atoms with van der Waals surface area (Å²) in [6, 6.07) is 13.8. The van der Waals surface area contributed by atoms with Crippen molar-refractivity contribution in [1.29, 1.82) is 0 Å². The maximum atomic E-state index is 11.7. The molecule has 0 aromatic heterocycles. The Morgan fingerprint density at radius 1 is 1.26 bits per heavy atom. The average molecular weight is 258 g/mol. The molecule has 0 saturated carbocycles. The molecule has 100 valence electrons. The minimum Gasteiger partial charge on any atom is -0.481 e. The van der Waals surface area contributed by atoms with Crippen LogP contribution in [0.4, 0.5) is 0 Å². The normalized spacial score (nSPS) is 12.1. The van der Waals surface area contributed by atoms with E-state index in [-0.39, 0.29) is 5.91 Å². The fourth-order valence-electron chi connectivity index (χ4n) is 1.84. The maximum Gasteiger partial charge on any atom is 0.260 e. The van der Waals surface area contributed by atoms with Crippen molar-refractivity contribution in [2.24, 2.45) is 5.73 Å². The summed E-state index contributed by atoms with van der Waals surface area (Å²) < 4.78 is 5.63. The molecule has 2 aromatic carbocycles. The standard InChI is InChI=1S/C15H18N2O2/c1-11(15(18)17-9-8-16)19-14-7-6-12-4-2-3-5-13(12)10-14/h2-7,10-11H,8-9,16H2,1H3,(H,17,18). The van der Waals surface area contributed by atoms with E-state index in [0.717, 1.165) is 10.8 Å². The summed E-state index contributed by atoms with van der Waals surface area (Å²) in [6.07, 6.45) is -0.535. The van der Waals surface area contributed by atoms with E-state index in [4.69, 9.17) is 10.5 Å². The van der Waals surface area contributed by atoms with Crippen molar-refractivity contribution >= 4 is 16.7 Å². The third kappa shape index (κ3) is 3.45. The Balaban J connectivity index is 2.06. The highest BCUT2D eigenvalue weighted by molar-refractivity contribution is 5.84. The Morgan fingerprint density at radius 2 is 2.00 bits per heavy atom. The van der Waals surface area contributed by atoms with Crippen LogP contribution in [-0.4, -0.2) is 25.1 Å². The lowest BCUT2D eigenvalue weighted by Gasteiger charge is -2.14. The Morgan fingerprint density at radius 3 is 2.74 bits per heavy atom. The number of carbonyl (C=O) groups is 1. The van der Waals surface area contributed by atoms with Gasteiger partial charge < -0.3 is 15.8 Å². The van der Waals surface area contributed by atoms with Crippen molar-refractivity contribution in [3.05, 3.63) is 42.5 Å². The largest absolute Gasteiger partial charge is 0.481 e. The molecule has 4 nitrogen and oxygen atoms in total. The van der Waals surface area contributed by atoms with Gasteiger partial charge in [0.2, 0.25) is 0 Å². The molecule has 1 atom stereocenters. The van der Waals surface area contributed by atoms with Crippen LogP contribution in [0.5, 0.6) is 5.75 Å². The number of carbonyl (C=O) groups excluding carboxylic acids is 1. The minimum absolute atomic E-state index is 0.154. The van der Waals surface area contributed by atoms with Crippen LogP contribution in [0.2, 0.25) is 0 Å². The Bertz CT molecular complexity index is 569. The van der Waals surface area contributed by atoms with Gasteiger partial charge in [-0.15, -0.1) is 0 Å². The number of ether oxygens (including phenoxy) is 1. The smallest absolute Gasteiger partial charge is 0.260 e. The number of hydrogen-bond donors (Lipinski definition) is 2. The third-order valence-corrected chi connectivity index (χ3v) is 2.85. The number of fused-ring (bicyclic) bond motifs is 1. The van der Waals surface area contributed by atoms with Gasteiger partial charge in [-0.2, -0.15) is 0 Å². The molecule has 4 heteroatoms. The molecular weight excluding hydrogens is 240 g/mol. The van der Waals surface area contributed by atoms with Crippen molar-refractivity contribution in [2.75, 3.05) is 13.1 Å². The first-order valence-corrected chi connectivity index (χ1v) is 6.34. The van der Waals surface area contributed by atoms with Gasteiger partial charge in [-0.3, -0.25) is 4.79 Å². The molecule has 2 rings (SSSR count). The second kappa shape index (κ2) is 6.20. The van der Waals surface area contributed by atoms with Crippen molar-refractivity contribution in [1.82, 2.24) is 5.32 Å². The summed E-state index contributed by atoms with van der Waals surface area (Å²) in [5, 5.41) is 4.94. The van der Waals surface area contributed by atoms with Crippen molar-refractivity contribution in [2.45, 2.75) is 13.0 Å². The van der Waals surface area contributed by atoms with E-state index in [0.29, 0.717) is 18.8 Å². The van der Waals surface area contributed by atoms with Crippen LogP contribution >= 0.6 is 0 Å². The molecule has 19 heavy (non-hydrogen) atoms. The second-order valence-electron chi connectivity index (χ2n) is 4.35. The van der Waals surface area contributed by atoms with Crippen LogP contribution < -0.4 is 15.8 Å². The summed E-state index contributed by atoms with van der Waals surface area (Å²) in [4.78, 5) is 11.7. The molecule has 3 N–H and O–H groups in total. The molecule has 0 bridgehead atoms. The molecule has 0 saturated heterocycles. The highest BCUT2D eigenvalue weighted by atomic mass is 16.5. The van der Waals surface area contributed by atoms with E-state index >= 15 is 0 Å². The van der Waals surface area contributed by atoms with Gasteiger partial charge in [0, 0.05) is 13.1 Å². The van der Waals surface area contributed by atoms with Crippen molar-refractivity contribution in [3.63, 3.8) is 0 Å². The summed E-state index contributed by atoms with van der Waals surface area (Å²) in [6.45, 7) is 2.61. The molecule has 0 aliphatic rings. The van der Waals surface area contributed by atoms with Gasteiger partial charge in [-0.25, -0.2) is 0 Å². The molecule has 0 radical (unpaired) electrons. The van der Waals surface area contributed by atoms with Crippen LogP contribution in [-0.2, 0) is 4.79 Å². The predicted octanol–water partition coefficient (Wildman–Crippen LogP) is 1.68. The Labute approximate surface area is 112 Å². The summed E-state index contributed by atoms with van der Waals surface area (Å²) in [7, 11) is 0. The minimum atomic E-state index is -0.535. The number of rotatable bonds is 5. The molecule has 0 heterocycles. The third-order valence-electron chi connectivity index (χ3n) is 2.85. The highest BCUT2D eigenvalue weighted by Gasteiger charge is 2.13. The van der Waals surface area contributed by atoms with Crippen LogP contribution in [0.1, 0.15) is 6.92 Å². The fraction of sp³-hybridized carbons (Fsp3) is 0.267. The van der Waals surface area contributed by atoms with Crippen LogP contribution in [0, 0.1) is 0 Å². The van der Waals surface area contributed by atoms with E-state index < -0.39 is 6.10 Å². The molecule has 0 spiro atoms. The monoisotopic (exact) mass is 258 g/mol. The zero-order valence-corrected chi connectivity index (χ0v) is 10.9. The van der Waals surface area contributed by atoms with E-state index in [1.165, 1.54) is 0 Å². The molecule has 1 amide bonds. The Hall–Kier alpha value is -2.07. The number of nitrogens with two attached hydrogens (primary N) is 1. The second-order valence-corrected chi connectivity index (χ2v) is 4.35. The van der Waals surface area contributed by atoms with E-state index in [1.54, 1.807) is 6.92 Å². The molecule has 2 aromatic rings. The lowest BCUT2D eigenvalue weighted by atomic mass is 10.1. The zero-order valence-electron chi connectivity index (χ0n) is 10.9. The SMILES string of the molecule is CC(Oc1ccc2ccccc2c1)C(=O)NCCN. The first kappa shape index (κ1) is 13.4. The van der Waals surface area contributed by atoms with Gasteiger partial charge in [0.05, 0.1) is 0 Å². The van der Waals surface area contributed by atoms with Gasteiger partial charge in [0.15, 0.2) is 6.10 Å². The average Bonchev–Trinajstić information content (AvgIpc) is 2.44. The van der Waals surface area contributed by atoms with E-state index in [1.807, 2.05) is 42.5 Å². The summed E-state index contributed by atoms with van der Waals surface area (Å²) in [5.74, 6) is 0.535. The van der Waals surface area contributed by atoms with Crippen molar-refractivity contribution < 1.29 is 9.53 Å². The summed E-state index contributed by atoms with van der Waals surface area (Å²) >= 11 is 0. The molecule has 0 aliphatic heterocycles. The number of benzene rings is 2. The predicted molar refractivity (Wildman–Crippen MR) is 76.1 cm³/mol. The number of nitrogens with one attached hydrogen (secondary N) is 1. The van der Waals surface area contributed by atoms with Gasteiger partial charge >= 0.3 is 0 Å². The van der Waals surface area contributed by atoms with E-state index in [9.17, 15) is 4.79 Å². The molecule has 0 aliphatic carbocycles. The van der Waals surface area contributed by atoms with Gasteiger partial charge in [0.1, 0.15) is 5.75 Å². The van der Waals surface area contributed by atoms with Crippen LogP contribution in [0.15, 0.2) is 42.5 Å². The van der Waals surface area contributed by atoms with Gasteiger partial charge in [-0.05, 0) is 29.8 Å².